The number of rotatable bonds is 6. The Labute approximate surface area is 64.9 Å². The highest BCUT2D eigenvalue weighted by Gasteiger charge is 2.08. The maximum absolute atomic E-state index is 8.76. The van der Waals surface area contributed by atoms with Crippen molar-refractivity contribution in [1.82, 2.24) is 0 Å². The van der Waals surface area contributed by atoms with Gasteiger partial charge in [0.05, 0.1) is 26.4 Å². The van der Waals surface area contributed by atoms with E-state index in [4.69, 9.17) is 25.2 Å². The molecule has 0 radical (unpaired) electrons. The van der Waals surface area contributed by atoms with Crippen LogP contribution in [0.3, 0.4) is 0 Å². The number of ether oxygens (including phenoxy) is 1. The summed E-state index contributed by atoms with van der Waals surface area (Å²) in [5.41, 5.74) is 0. The van der Waals surface area contributed by atoms with Gasteiger partial charge in [-0.1, -0.05) is 0 Å². The number of aliphatic hydroxyl groups is 4. The van der Waals surface area contributed by atoms with Crippen LogP contribution in [0.4, 0.5) is 0 Å². The summed E-state index contributed by atoms with van der Waals surface area (Å²) in [5.74, 6) is 0. The second-order valence-corrected chi connectivity index (χ2v) is 2.16. The summed E-state index contributed by atoms with van der Waals surface area (Å²) in [6.45, 7) is -1.06. The van der Waals surface area contributed by atoms with E-state index in [-0.39, 0.29) is 26.4 Å². The molecular formula is C6H14O5. The van der Waals surface area contributed by atoms with Gasteiger partial charge in [-0.05, 0) is 0 Å². The van der Waals surface area contributed by atoms with E-state index in [1.165, 1.54) is 0 Å². The van der Waals surface area contributed by atoms with Gasteiger partial charge in [0.1, 0.15) is 12.2 Å². The van der Waals surface area contributed by atoms with E-state index >= 15 is 0 Å². The molecule has 0 bridgehead atoms. The largest absolute Gasteiger partial charge is 0.394 e. The van der Waals surface area contributed by atoms with E-state index in [1.807, 2.05) is 0 Å². The maximum atomic E-state index is 8.76. The molecule has 0 saturated carbocycles. The Morgan fingerprint density at radius 2 is 1.55 bits per heavy atom. The van der Waals surface area contributed by atoms with E-state index in [9.17, 15) is 0 Å². The van der Waals surface area contributed by atoms with E-state index in [1.54, 1.807) is 0 Å². The lowest BCUT2D eigenvalue weighted by atomic mass is 10.4. The number of hydrogen-bond acceptors (Lipinski definition) is 5. The van der Waals surface area contributed by atoms with Gasteiger partial charge in [0.15, 0.2) is 0 Å². The van der Waals surface area contributed by atoms with Gasteiger partial charge >= 0.3 is 0 Å². The molecule has 5 nitrogen and oxygen atoms in total. The Morgan fingerprint density at radius 3 is 1.91 bits per heavy atom. The second kappa shape index (κ2) is 6.51. The minimum absolute atomic E-state index is 0.0811. The van der Waals surface area contributed by atoms with Gasteiger partial charge in [0, 0.05) is 0 Å². The molecule has 0 aromatic heterocycles. The van der Waals surface area contributed by atoms with Crippen LogP contribution in [-0.2, 0) is 4.74 Å². The SMILES string of the molecule is OCC(CO)OC[C@H](O)CO. The lowest BCUT2D eigenvalue weighted by Gasteiger charge is -2.14. The van der Waals surface area contributed by atoms with E-state index in [2.05, 4.69) is 0 Å². The van der Waals surface area contributed by atoms with E-state index < -0.39 is 12.2 Å². The molecule has 0 rings (SSSR count). The summed E-state index contributed by atoms with van der Waals surface area (Å²) in [7, 11) is 0. The second-order valence-electron chi connectivity index (χ2n) is 2.16. The molecule has 0 spiro atoms. The van der Waals surface area contributed by atoms with Crippen LogP contribution in [-0.4, -0.2) is 59.1 Å². The zero-order valence-corrected chi connectivity index (χ0v) is 6.18. The van der Waals surface area contributed by atoms with E-state index in [0.29, 0.717) is 0 Å². The molecule has 0 aliphatic heterocycles. The van der Waals surface area contributed by atoms with Crippen molar-refractivity contribution in [2.45, 2.75) is 12.2 Å². The van der Waals surface area contributed by atoms with Gasteiger partial charge in [-0.15, -0.1) is 0 Å². The van der Waals surface area contributed by atoms with Gasteiger partial charge in [0.25, 0.3) is 0 Å². The smallest absolute Gasteiger partial charge is 0.104 e. The number of aliphatic hydroxyl groups excluding tert-OH is 4. The van der Waals surface area contributed by atoms with Crippen LogP contribution in [0.15, 0.2) is 0 Å². The minimum Gasteiger partial charge on any atom is -0.394 e. The molecule has 0 aromatic rings. The highest BCUT2D eigenvalue weighted by Crippen LogP contribution is 1.91. The Balaban J connectivity index is 3.34. The van der Waals surface area contributed by atoms with Gasteiger partial charge in [-0.2, -0.15) is 0 Å². The summed E-state index contributed by atoms with van der Waals surface area (Å²) in [4.78, 5) is 0. The third-order valence-corrected chi connectivity index (χ3v) is 1.14. The van der Waals surface area contributed by atoms with Gasteiger partial charge in [-0.25, -0.2) is 0 Å². The predicted molar refractivity (Wildman–Crippen MR) is 37.0 cm³/mol. The van der Waals surface area contributed by atoms with Crippen LogP contribution in [0.5, 0.6) is 0 Å². The molecule has 0 unspecified atom stereocenters. The lowest BCUT2D eigenvalue weighted by Crippen LogP contribution is -2.28. The zero-order valence-electron chi connectivity index (χ0n) is 6.18. The molecule has 1 atom stereocenters. The predicted octanol–water partition coefficient (Wildman–Crippen LogP) is -2.29. The highest BCUT2D eigenvalue weighted by atomic mass is 16.5. The van der Waals surface area contributed by atoms with Crippen LogP contribution in [0.2, 0.25) is 0 Å². The van der Waals surface area contributed by atoms with Crippen molar-refractivity contribution < 1.29 is 25.2 Å². The fourth-order valence-electron chi connectivity index (χ4n) is 0.463. The molecule has 11 heavy (non-hydrogen) atoms. The Hall–Kier alpha value is -0.200. The highest BCUT2D eigenvalue weighted by molar-refractivity contribution is 4.55. The maximum Gasteiger partial charge on any atom is 0.104 e. The molecular weight excluding hydrogens is 152 g/mol. The first-order valence-electron chi connectivity index (χ1n) is 3.36. The molecule has 0 fully saturated rings. The Bertz CT molecular complexity index is 83.0. The summed E-state index contributed by atoms with van der Waals surface area (Å²) in [6.07, 6.45) is -1.62. The molecule has 0 saturated heterocycles. The summed E-state index contributed by atoms with van der Waals surface area (Å²) >= 11 is 0. The quantitative estimate of drug-likeness (QED) is 0.356. The molecule has 0 heterocycles. The Kier molecular flexibility index (Phi) is 6.39. The van der Waals surface area contributed by atoms with Crippen molar-refractivity contribution >= 4 is 0 Å². The van der Waals surface area contributed by atoms with Crippen LogP contribution in [0, 0.1) is 0 Å². The standard InChI is InChI=1S/C6H14O5/c7-1-5(10)4-11-6(2-8)3-9/h5-10H,1-4H2/t5-/m1/s1. The molecule has 0 aromatic carbocycles. The van der Waals surface area contributed by atoms with Crippen molar-refractivity contribution in [2.75, 3.05) is 26.4 Å². The van der Waals surface area contributed by atoms with Crippen LogP contribution < -0.4 is 0 Å². The summed E-state index contributed by atoms with van der Waals surface area (Å²) in [6, 6.07) is 0. The normalized spacial score (nSPS) is 13.9. The van der Waals surface area contributed by atoms with Crippen LogP contribution in [0.25, 0.3) is 0 Å². The van der Waals surface area contributed by atoms with Crippen molar-refractivity contribution in [3.05, 3.63) is 0 Å². The molecule has 4 N–H and O–H groups in total. The average molecular weight is 166 g/mol. The molecule has 0 amide bonds. The fourth-order valence-corrected chi connectivity index (χ4v) is 0.463. The topological polar surface area (TPSA) is 90.2 Å². The molecule has 68 valence electrons. The first-order valence-corrected chi connectivity index (χ1v) is 3.36. The zero-order chi connectivity index (χ0) is 8.69. The molecule has 0 aliphatic rings. The van der Waals surface area contributed by atoms with Gasteiger partial charge < -0.3 is 25.2 Å². The Morgan fingerprint density at radius 1 is 1.00 bits per heavy atom. The van der Waals surface area contributed by atoms with Crippen LogP contribution >= 0.6 is 0 Å². The first kappa shape index (κ1) is 10.8. The molecule has 5 heteroatoms. The lowest BCUT2D eigenvalue weighted by molar-refractivity contribution is -0.0635. The van der Waals surface area contributed by atoms with Crippen molar-refractivity contribution in [2.24, 2.45) is 0 Å². The van der Waals surface area contributed by atoms with Gasteiger partial charge in [0.2, 0.25) is 0 Å². The summed E-state index contributed by atoms with van der Waals surface area (Å²) in [5, 5.41) is 34.1. The third-order valence-electron chi connectivity index (χ3n) is 1.14. The van der Waals surface area contributed by atoms with Crippen molar-refractivity contribution in [3.8, 4) is 0 Å². The van der Waals surface area contributed by atoms with Crippen molar-refractivity contribution in [1.29, 1.82) is 0 Å². The average Bonchev–Trinajstić information content (AvgIpc) is 2.06. The monoisotopic (exact) mass is 166 g/mol. The fraction of sp³-hybridized carbons (Fsp3) is 1.00. The van der Waals surface area contributed by atoms with E-state index in [0.717, 1.165) is 0 Å². The van der Waals surface area contributed by atoms with Crippen LogP contribution in [0.1, 0.15) is 0 Å². The summed E-state index contributed by atoms with van der Waals surface area (Å²) < 4.78 is 4.78. The van der Waals surface area contributed by atoms with Gasteiger partial charge in [-0.3, -0.25) is 0 Å². The number of hydrogen-bond donors (Lipinski definition) is 4. The third kappa shape index (κ3) is 5.11. The first-order chi connectivity index (χ1) is 5.24. The van der Waals surface area contributed by atoms with Crippen molar-refractivity contribution in [3.63, 3.8) is 0 Å². The molecule has 0 aliphatic carbocycles. The minimum atomic E-state index is -0.949.